The third kappa shape index (κ3) is 2.15. The quantitative estimate of drug-likeness (QED) is 0.794. The minimum absolute atomic E-state index is 0.116. The molecule has 0 aliphatic heterocycles. The fourth-order valence-electron chi connectivity index (χ4n) is 2.71. The van der Waals surface area contributed by atoms with Gasteiger partial charge in [0.2, 0.25) is 0 Å². The molecule has 1 aromatic heterocycles. The van der Waals surface area contributed by atoms with Crippen LogP contribution >= 0.6 is 0 Å². The van der Waals surface area contributed by atoms with E-state index in [4.69, 9.17) is 10.2 Å². The molecule has 4 heteroatoms. The molecule has 1 aromatic carbocycles. The number of rotatable bonds is 2. The molecular weight excluding hydrogens is 226 g/mol. The van der Waals surface area contributed by atoms with Crippen LogP contribution in [0.1, 0.15) is 39.0 Å². The summed E-state index contributed by atoms with van der Waals surface area (Å²) in [6, 6.07) is 6.15. The lowest BCUT2D eigenvalue weighted by molar-refractivity contribution is 0.341. The van der Waals surface area contributed by atoms with Gasteiger partial charge in [0.05, 0.1) is 0 Å². The largest absolute Gasteiger partial charge is 0.424 e. The van der Waals surface area contributed by atoms with Crippen LogP contribution < -0.4 is 11.1 Å². The molecule has 0 saturated heterocycles. The lowest BCUT2D eigenvalue weighted by atomic mass is 9.83. The maximum Gasteiger partial charge on any atom is 0.296 e. The molecular formula is C14H19N3O. The van der Waals surface area contributed by atoms with Crippen molar-refractivity contribution in [2.45, 2.75) is 44.6 Å². The fraction of sp³-hybridized carbons (Fsp3) is 0.500. The molecule has 1 heterocycles. The van der Waals surface area contributed by atoms with Crippen molar-refractivity contribution in [1.29, 1.82) is 0 Å². The van der Waals surface area contributed by atoms with Gasteiger partial charge in [0.25, 0.3) is 6.01 Å². The monoisotopic (exact) mass is 245 g/mol. The molecule has 4 nitrogen and oxygen atoms in total. The Kier molecular flexibility index (Phi) is 2.65. The first kappa shape index (κ1) is 11.4. The number of aromatic nitrogens is 1. The number of anilines is 2. The molecule has 0 unspecified atom stereocenters. The topological polar surface area (TPSA) is 64.1 Å². The lowest BCUT2D eigenvalue weighted by Gasteiger charge is -2.33. The van der Waals surface area contributed by atoms with E-state index in [1.807, 2.05) is 18.2 Å². The van der Waals surface area contributed by atoms with E-state index in [0.29, 0.717) is 11.7 Å². The number of hydrogen-bond acceptors (Lipinski definition) is 4. The summed E-state index contributed by atoms with van der Waals surface area (Å²) in [6.45, 7) is 2.25. The number of nitrogens with zero attached hydrogens (tertiary/aromatic N) is 1. The molecule has 1 fully saturated rings. The molecule has 2 aromatic rings. The molecule has 0 radical (unpaired) electrons. The molecule has 96 valence electrons. The highest BCUT2D eigenvalue weighted by molar-refractivity contribution is 5.78. The highest BCUT2D eigenvalue weighted by Crippen LogP contribution is 2.32. The molecule has 0 spiro atoms. The van der Waals surface area contributed by atoms with Gasteiger partial charge in [-0.3, -0.25) is 0 Å². The molecule has 3 rings (SSSR count). The molecule has 3 N–H and O–H groups in total. The van der Waals surface area contributed by atoms with E-state index in [1.54, 1.807) is 0 Å². The predicted molar refractivity (Wildman–Crippen MR) is 73.5 cm³/mol. The third-order valence-electron chi connectivity index (χ3n) is 3.78. The molecule has 0 atom stereocenters. The van der Waals surface area contributed by atoms with Crippen LogP contribution in [0.2, 0.25) is 0 Å². The summed E-state index contributed by atoms with van der Waals surface area (Å²) in [5, 5.41) is 3.45. The SMILES string of the molecule is CC1(Nc2nc3cc(N)ccc3o2)CCCCC1. The van der Waals surface area contributed by atoms with E-state index >= 15 is 0 Å². The zero-order valence-electron chi connectivity index (χ0n) is 10.7. The van der Waals surface area contributed by atoms with Crippen molar-refractivity contribution in [1.82, 2.24) is 4.98 Å². The molecule has 0 bridgehead atoms. The van der Waals surface area contributed by atoms with Gasteiger partial charge in [0.1, 0.15) is 5.52 Å². The van der Waals surface area contributed by atoms with E-state index < -0.39 is 0 Å². The zero-order chi connectivity index (χ0) is 12.6. The van der Waals surface area contributed by atoms with Crippen molar-refractivity contribution < 1.29 is 4.42 Å². The molecule has 1 aliphatic carbocycles. The van der Waals surface area contributed by atoms with Crippen LogP contribution in [0.4, 0.5) is 11.7 Å². The van der Waals surface area contributed by atoms with Crippen molar-refractivity contribution in [3.8, 4) is 0 Å². The maximum absolute atomic E-state index is 5.74. The van der Waals surface area contributed by atoms with Gasteiger partial charge >= 0.3 is 0 Å². The summed E-state index contributed by atoms with van der Waals surface area (Å²) < 4.78 is 5.71. The first-order chi connectivity index (χ1) is 8.65. The van der Waals surface area contributed by atoms with E-state index in [-0.39, 0.29) is 5.54 Å². The lowest BCUT2D eigenvalue weighted by Crippen LogP contribution is -2.36. The van der Waals surface area contributed by atoms with Crippen LogP contribution in [0, 0.1) is 0 Å². The van der Waals surface area contributed by atoms with Crippen molar-refractivity contribution in [2.75, 3.05) is 11.1 Å². The first-order valence-corrected chi connectivity index (χ1v) is 6.59. The van der Waals surface area contributed by atoms with Gasteiger partial charge in [-0.1, -0.05) is 19.3 Å². The average Bonchev–Trinajstić information content (AvgIpc) is 2.70. The third-order valence-corrected chi connectivity index (χ3v) is 3.78. The van der Waals surface area contributed by atoms with Crippen molar-refractivity contribution in [3.63, 3.8) is 0 Å². The molecule has 1 saturated carbocycles. The van der Waals surface area contributed by atoms with Crippen LogP contribution in [0.25, 0.3) is 11.1 Å². The summed E-state index contributed by atoms with van der Waals surface area (Å²) in [5.41, 5.74) is 8.17. The Balaban J connectivity index is 1.86. The van der Waals surface area contributed by atoms with Crippen LogP contribution in [0.15, 0.2) is 22.6 Å². The van der Waals surface area contributed by atoms with Gasteiger partial charge in [-0.25, -0.2) is 0 Å². The molecule has 0 amide bonds. The highest BCUT2D eigenvalue weighted by Gasteiger charge is 2.28. The number of benzene rings is 1. The van der Waals surface area contributed by atoms with Crippen LogP contribution in [-0.4, -0.2) is 10.5 Å². The Morgan fingerprint density at radius 1 is 1.28 bits per heavy atom. The second kappa shape index (κ2) is 4.19. The number of nitrogen functional groups attached to an aromatic ring is 1. The van der Waals surface area contributed by atoms with Gasteiger partial charge in [0.15, 0.2) is 5.58 Å². The second-order valence-corrected chi connectivity index (χ2v) is 5.49. The van der Waals surface area contributed by atoms with E-state index in [9.17, 15) is 0 Å². The van der Waals surface area contributed by atoms with Crippen LogP contribution in [0.5, 0.6) is 0 Å². The smallest absolute Gasteiger partial charge is 0.296 e. The van der Waals surface area contributed by atoms with E-state index in [2.05, 4.69) is 17.2 Å². The minimum atomic E-state index is 0.116. The Labute approximate surface area is 107 Å². The summed E-state index contributed by atoms with van der Waals surface area (Å²) in [4.78, 5) is 4.46. The first-order valence-electron chi connectivity index (χ1n) is 6.59. The fourth-order valence-corrected chi connectivity index (χ4v) is 2.71. The summed E-state index contributed by atoms with van der Waals surface area (Å²) in [6.07, 6.45) is 6.23. The van der Waals surface area contributed by atoms with Crippen molar-refractivity contribution in [2.24, 2.45) is 0 Å². The van der Waals surface area contributed by atoms with Crippen LogP contribution in [-0.2, 0) is 0 Å². The maximum atomic E-state index is 5.74. The standard InChI is InChI=1S/C14H19N3O/c1-14(7-3-2-4-8-14)17-13-16-11-9-10(15)5-6-12(11)18-13/h5-6,9H,2-4,7-8,15H2,1H3,(H,16,17). The predicted octanol–water partition coefficient (Wildman–Crippen LogP) is 3.54. The molecule has 18 heavy (non-hydrogen) atoms. The van der Waals surface area contributed by atoms with E-state index in [0.717, 1.165) is 11.1 Å². The Morgan fingerprint density at radius 3 is 2.83 bits per heavy atom. The highest BCUT2D eigenvalue weighted by atomic mass is 16.4. The van der Waals surface area contributed by atoms with Gasteiger partial charge in [-0.2, -0.15) is 4.98 Å². The second-order valence-electron chi connectivity index (χ2n) is 5.49. The number of nitrogens with one attached hydrogen (secondary N) is 1. The van der Waals surface area contributed by atoms with Gasteiger partial charge in [0, 0.05) is 11.2 Å². The number of nitrogens with two attached hydrogens (primary N) is 1. The normalized spacial score (nSPS) is 18.9. The summed E-state index contributed by atoms with van der Waals surface area (Å²) >= 11 is 0. The number of fused-ring (bicyclic) bond motifs is 1. The summed E-state index contributed by atoms with van der Waals surface area (Å²) in [5.74, 6) is 0. The Morgan fingerprint density at radius 2 is 2.06 bits per heavy atom. The number of oxazole rings is 1. The zero-order valence-corrected chi connectivity index (χ0v) is 10.7. The van der Waals surface area contributed by atoms with Crippen molar-refractivity contribution in [3.05, 3.63) is 18.2 Å². The Hall–Kier alpha value is -1.71. The van der Waals surface area contributed by atoms with Gasteiger partial charge in [-0.15, -0.1) is 0 Å². The minimum Gasteiger partial charge on any atom is -0.424 e. The average molecular weight is 245 g/mol. The van der Waals surface area contributed by atoms with E-state index in [1.165, 1.54) is 32.1 Å². The summed E-state index contributed by atoms with van der Waals surface area (Å²) in [7, 11) is 0. The number of hydrogen-bond donors (Lipinski definition) is 2. The van der Waals surface area contributed by atoms with Crippen molar-refractivity contribution >= 4 is 22.8 Å². The van der Waals surface area contributed by atoms with Gasteiger partial charge < -0.3 is 15.5 Å². The van der Waals surface area contributed by atoms with Crippen LogP contribution in [0.3, 0.4) is 0 Å². The van der Waals surface area contributed by atoms with Gasteiger partial charge in [-0.05, 0) is 38.0 Å². The Bertz CT molecular complexity index is 555. The molecule has 1 aliphatic rings.